The van der Waals surface area contributed by atoms with Gasteiger partial charge in [0, 0.05) is 17.2 Å². The van der Waals surface area contributed by atoms with E-state index < -0.39 is 0 Å². The molecule has 0 aromatic heterocycles. The average Bonchev–Trinajstić information content (AvgIpc) is 2.30. The smallest absolute Gasteiger partial charge is 0.130 e. The molecule has 0 saturated heterocycles. The first-order chi connectivity index (χ1) is 8.18. The van der Waals surface area contributed by atoms with Crippen LogP contribution in [-0.2, 0) is 4.79 Å². The minimum atomic E-state index is 0.259. The number of hydrogen-bond acceptors (Lipinski definition) is 3. The van der Waals surface area contributed by atoms with E-state index in [0.717, 1.165) is 28.7 Å². The average molecular weight is 273 g/mol. The van der Waals surface area contributed by atoms with Crippen molar-refractivity contribution in [2.75, 3.05) is 18.1 Å². The highest BCUT2D eigenvalue weighted by molar-refractivity contribution is 7.99. The van der Waals surface area contributed by atoms with E-state index in [9.17, 15) is 4.79 Å². The fourth-order valence-electron chi connectivity index (χ4n) is 1.20. The van der Waals surface area contributed by atoms with Crippen molar-refractivity contribution in [3.63, 3.8) is 0 Å². The highest BCUT2D eigenvalue weighted by Gasteiger charge is 1.96. The van der Waals surface area contributed by atoms with Gasteiger partial charge in [0.1, 0.15) is 11.5 Å². The molecule has 0 aliphatic heterocycles. The second-order valence-corrected chi connectivity index (χ2v) is 5.38. The number of carbonyl (C=O) groups is 1. The summed E-state index contributed by atoms with van der Waals surface area (Å²) in [7, 11) is 0. The molecule has 17 heavy (non-hydrogen) atoms. The Morgan fingerprint density at radius 3 is 2.65 bits per heavy atom. The van der Waals surface area contributed by atoms with Gasteiger partial charge < -0.3 is 4.74 Å². The third-order valence-electron chi connectivity index (χ3n) is 2.11. The molecule has 0 amide bonds. The van der Waals surface area contributed by atoms with Gasteiger partial charge in [-0.05, 0) is 43.4 Å². The van der Waals surface area contributed by atoms with Gasteiger partial charge in [-0.1, -0.05) is 11.6 Å². The Bertz CT molecular complexity index is 338. The molecule has 0 radical (unpaired) electrons. The number of Topliss-reactive ketones (excluding diaryl/α,β-unsaturated/α-hetero) is 1. The van der Waals surface area contributed by atoms with Crippen molar-refractivity contribution in [2.45, 2.75) is 19.8 Å². The zero-order chi connectivity index (χ0) is 12.5. The highest BCUT2D eigenvalue weighted by Crippen LogP contribution is 2.15. The van der Waals surface area contributed by atoms with Crippen molar-refractivity contribution in [1.29, 1.82) is 0 Å². The molecule has 0 atom stereocenters. The van der Waals surface area contributed by atoms with Gasteiger partial charge in [0.05, 0.1) is 6.61 Å². The summed E-state index contributed by atoms with van der Waals surface area (Å²) in [6.45, 7) is 2.33. The first kappa shape index (κ1) is 14.4. The van der Waals surface area contributed by atoms with Crippen molar-refractivity contribution >= 4 is 29.1 Å². The molecular formula is C13H17ClO2S. The van der Waals surface area contributed by atoms with Crippen molar-refractivity contribution in [3.8, 4) is 5.75 Å². The van der Waals surface area contributed by atoms with Crippen LogP contribution in [0.25, 0.3) is 0 Å². The number of benzene rings is 1. The van der Waals surface area contributed by atoms with E-state index in [-0.39, 0.29) is 5.78 Å². The zero-order valence-electron chi connectivity index (χ0n) is 9.95. The van der Waals surface area contributed by atoms with Crippen molar-refractivity contribution in [1.82, 2.24) is 0 Å². The number of ether oxygens (including phenoxy) is 1. The third-order valence-corrected chi connectivity index (χ3v) is 3.44. The van der Waals surface area contributed by atoms with Gasteiger partial charge in [-0.2, -0.15) is 11.8 Å². The van der Waals surface area contributed by atoms with Gasteiger partial charge in [0.25, 0.3) is 0 Å². The number of hydrogen-bond donors (Lipinski definition) is 0. The van der Waals surface area contributed by atoms with Crippen LogP contribution in [-0.4, -0.2) is 23.9 Å². The number of carbonyl (C=O) groups excluding carboxylic acids is 1. The summed E-state index contributed by atoms with van der Waals surface area (Å²) < 4.78 is 5.55. The lowest BCUT2D eigenvalue weighted by Gasteiger charge is -2.05. The van der Waals surface area contributed by atoms with Crippen LogP contribution in [0.2, 0.25) is 5.02 Å². The quantitative estimate of drug-likeness (QED) is 0.673. The number of halogens is 1. The standard InChI is InChI=1S/C13H17ClO2S/c1-11(15)7-10-17-9-2-8-16-13-5-3-12(14)4-6-13/h3-6H,2,7-10H2,1H3. The molecule has 0 spiro atoms. The Balaban J connectivity index is 2.01. The first-order valence-electron chi connectivity index (χ1n) is 5.64. The Hall–Kier alpha value is -0.670. The molecule has 0 unspecified atom stereocenters. The molecule has 1 rings (SSSR count). The van der Waals surface area contributed by atoms with Crippen LogP contribution in [0.5, 0.6) is 5.75 Å². The van der Waals surface area contributed by atoms with Crippen LogP contribution in [0.3, 0.4) is 0 Å². The maximum atomic E-state index is 10.7. The minimum Gasteiger partial charge on any atom is -0.494 e. The summed E-state index contributed by atoms with van der Waals surface area (Å²) in [5.74, 6) is 3.05. The zero-order valence-corrected chi connectivity index (χ0v) is 11.5. The molecule has 0 bridgehead atoms. The first-order valence-corrected chi connectivity index (χ1v) is 7.17. The maximum absolute atomic E-state index is 10.7. The van der Waals surface area contributed by atoms with Gasteiger partial charge in [-0.25, -0.2) is 0 Å². The second-order valence-electron chi connectivity index (χ2n) is 3.72. The lowest BCUT2D eigenvalue weighted by Crippen LogP contribution is -1.99. The van der Waals surface area contributed by atoms with Gasteiger partial charge in [-0.3, -0.25) is 4.79 Å². The molecule has 0 N–H and O–H groups in total. The van der Waals surface area contributed by atoms with E-state index in [1.54, 1.807) is 18.7 Å². The van der Waals surface area contributed by atoms with Crippen molar-refractivity contribution in [2.24, 2.45) is 0 Å². The summed E-state index contributed by atoms with van der Waals surface area (Å²) >= 11 is 7.57. The molecule has 1 aromatic carbocycles. The Morgan fingerprint density at radius 1 is 1.29 bits per heavy atom. The summed E-state index contributed by atoms with van der Waals surface area (Å²) in [4.78, 5) is 10.7. The molecule has 2 nitrogen and oxygen atoms in total. The SMILES string of the molecule is CC(=O)CCSCCCOc1ccc(Cl)cc1. The fraction of sp³-hybridized carbons (Fsp3) is 0.462. The van der Waals surface area contributed by atoms with E-state index in [4.69, 9.17) is 16.3 Å². The lowest BCUT2D eigenvalue weighted by molar-refractivity contribution is -0.116. The van der Waals surface area contributed by atoms with Crippen LogP contribution in [0.15, 0.2) is 24.3 Å². The predicted octanol–water partition coefficient (Wildman–Crippen LogP) is 3.82. The second kappa shape index (κ2) is 8.43. The van der Waals surface area contributed by atoms with Crippen molar-refractivity contribution in [3.05, 3.63) is 29.3 Å². The van der Waals surface area contributed by atoms with Crippen LogP contribution in [0, 0.1) is 0 Å². The van der Waals surface area contributed by atoms with Crippen LogP contribution in [0.1, 0.15) is 19.8 Å². The molecule has 4 heteroatoms. The predicted molar refractivity (Wildman–Crippen MR) is 74.2 cm³/mol. The van der Waals surface area contributed by atoms with E-state index in [2.05, 4.69) is 0 Å². The van der Waals surface area contributed by atoms with Gasteiger partial charge in [-0.15, -0.1) is 0 Å². The van der Waals surface area contributed by atoms with E-state index in [0.29, 0.717) is 13.0 Å². The summed E-state index contributed by atoms with van der Waals surface area (Å²) in [5, 5.41) is 0.720. The monoisotopic (exact) mass is 272 g/mol. The van der Waals surface area contributed by atoms with Crippen molar-refractivity contribution < 1.29 is 9.53 Å². The number of rotatable bonds is 8. The van der Waals surface area contributed by atoms with Crippen LogP contribution < -0.4 is 4.74 Å². The van der Waals surface area contributed by atoms with Crippen LogP contribution in [0.4, 0.5) is 0 Å². The summed E-state index contributed by atoms with van der Waals surface area (Å²) in [6, 6.07) is 7.37. The maximum Gasteiger partial charge on any atom is 0.130 e. The highest BCUT2D eigenvalue weighted by atomic mass is 35.5. The number of ketones is 1. The molecule has 94 valence electrons. The Kier molecular flexibility index (Phi) is 7.13. The van der Waals surface area contributed by atoms with E-state index in [1.165, 1.54) is 0 Å². The third kappa shape index (κ3) is 7.29. The fourth-order valence-corrected chi connectivity index (χ4v) is 2.28. The topological polar surface area (TPSA) is 26.3 Å². The Labute approximate surface area is 112 Å². The van der Waals surface area contributed by atoms with Gasteiger partial charge in [0.15, 0.2) is 0 Å². The molecule has 0 fully saturated rings. The normalized spacial score (nSPS) is 10.2. The Morgan fingerprint density at radius 2 is 2.00 bits per heavy atom. The van der Waals surface area contributed by atoms with Gasteiger partial charge in [0.2, 0.25) is 0 Å². The number of thioether (sulfide) groups is 1. The molecule has 0 heterocycles. The van der Waals surface area contributed by atoms with E-state index in [1.807, 2.05) is 24.3 Å². The summed E-state index contributed by atoms with van der Waals surface area (Å²) in [6.07, 6.45) is 1.66. The molecule has 0 saturated carbocycles. The lowest BCUT2D eigenvalue weighted by atomic mass is 10.3. The van der Waals surface area contributed by atoms with Gasteiger partial charge >= 0.3 is 0 Å². The molecule has 0 aliphatic rings. The molecule has 0 aliphatic carbocycles. The molecule has 1 aromatic rings. The molecular weight excluding hydrogens is 256 g/mol. The largest absolute Gasteiger partial charge is 0.494 e. The minimum absolute atomic E-state index is 0.259. The summed E-state index contributed by atoms with van der Waals surface area (Å²) in [5.41, 5.74) is 0. The van der Waals surface area contributed by atoms with Crippen LogP contribution >= 0.6 is 23.4 Å². The van der Waals surface area contributed by atoms with E-state index >= 15 is 0 Å².